The van der Waals surface area contributed by atoms with Crippen molar-refractivity contribution in [2.75, 3.05) is 12.0 Å². The largest absolute Gasteiger partial charge is 0.460 e. The van der Waals surface area contributed by atoms with E-state index in [4.69, 9.17) is 0 Å². The highest BCUT2D eigenvalue weighted by atomic mass is 32.3. The Labute approximate surface area is 171 Å². The highest BCUT2D eigenvalue weighted by Gasteiger charge is 2.90. The van der Waals surface area contributed by atoms with Gasteiger partial charge < -0.3 is 0 Å². The van der Waals surface area contributed by atoms with Crippen molar-refractivity contribution in [3.63, 3.8) is 0 Å². The Bertz CT molecular complexity index is 870. The van der Waals surface area contributed by atoms with Gasteiger partial charge in [-0.3, -0.25) is 0 Å². The van der Waals surface area contributed by atoms with Gasteiger partial charge in [0.25, 0.3) is 0 Å². The Kier molecular flexibility index (Phi) is 7.38. The number of hydrogen-bond donors (Lipinski definition) is 0. The molecule has 0 heterocycles. The van der Waals surface area contributed by atoms with Crippen LogP contribution in [0.25, 0.3) is 0 Å². The standard InChI is InChI=1S/C15H15F11O3S2/c1-3-30(2,9-10-7-5-4-6-8-10)29-31(27,28)15(25,26)13(20,21)11(16,17)12(18,19)14(22,23)24/h4-8H,3,9H2,1-2H3. The fraction of sp³-hybridized carbons (Fsp3) is 0.600. The molecule has 0 spiro atoms. The maximum Gasteiger partial charge on any atom is 0.460 e. The maximum atomic E-state index is 14.0. The van der Waals surface area contributed by atoms with Crippen LogP contribution < -0.4 is 0 Å². The van der Waals surface area contributed by atoms with E-state index >= 15 is 0 Å². The highest BCUT2D eigenvalue weighted by Crippen LogP contribution is 2.60. The van der Waals surface area contributed by atoms with Crippen LogP contribution in [0.4, 0.5) is 48.3 Å². The van der Waals surface area contributed by atoms with Crippen LogP contribution in [0.2, 0.25) is 0 Å². The van der Waals surface area contributed by atoms with Crippen molar-refractivity contribution in [1.29, 1.82) is 0 Å². The van der Waals surface area contributed by atoms with Gasteiger partial charge in [0.1, 0.15) is 0 Å². The quantitative estimate of drug-likeness (QED) is 0.381. The zero-order chi connectivity index (χ0) is 24.7. The smallest absolute Gasteiger partial charge is 0.215 e. The molecule has 0 fully saturated rings. The topological polar surface area (TPSA) is 43.4 Å². The summed E-state index contributed by atoms with van der Waals surface area (Å²) < 4.78 is 172. The lowest BCUT2D eigenvalue weighted by molar-refractivity contribution is -0.413. The predicted molar refractivity (Wildman–Crippen MR) is 90.0 cm³/mol. The molecule has 3 nitrogen and oxygen atoms in total. The average molecular weight is 516 g/mol. The Morgan fingerprint density at radius 1 is 0.774 bits per heavy atom. The molecule has 1 atom stereocenters. The van der Waals surface area contributed by atoms with Gasteiger partial charge in [0.05, 0.1) is 0 Å². The van der Waals surface area contributed by atoms with E-state index in [0.717, 1.165) is 6.26 Å². The molecule has 0 radical (unpaired) electrons. The van der Waals surface area contributed by atoms with Crippen LogP contribution in [-0.4, -0.2) is 49.6 Å². The van der Waals surface area contributed by atoms with Crippen molar-refractivity contribution in [1.82, 2.24) is 0 Å². The Morgan fingerprint density at radius 2 is 1.23 bits per heavy atom. The Morgan fingerprint density at radius 3 is 1.61 bits per heavy atom. The first-order valence-electron chi connectivity index (χ1n) is 7.91. The number of rotatable bonds is 9. The molecule has 1 rings (SSSR count). The Balaban J connectivity index is 3.42. The first-order valence-corrected chi connectivity index (χ1v) is 11.6. The molecule has 1 aromatic rings. The monoisotopic (exact) mass is 516 g/mol. The number of halogens is 11. The Hall–Kier alpha value is -1.29. The molecular formula is C15H15F11O3S2. The summed E-state index contributed by atoms with van der Waals surface area (Å²) in [6.07, 6.45) is -6.49. The van der Waals surface area contributed by atoms with Crippen molar-refractivity contribution in [3.05, 3.63) is 35.9 Å². The molecule has 0 aliphatic rings. The van der Waals surface area contributed by atoms with Crippen LogP contribution in [0.3, 0.4) is 0 Å². The third kappa shape index (κ3) is 4.74. The van der Waals surface area contributed by atoms with Gasteiger partial charge in [-0.25, -0.2) is 3.63 Å². The first kappa shape index (κ1) is 27.7. The van der Waals surface area contributed by atoms with Gasteiger partial charge in [0.2, 0.25) is 0 Å². The minimum absolute atomic E-state index is 0.265. The maximum absolute atomic E-state index is 14.0. The van der Waals surface area contributed by atoms with Gasteiger partial charge in [-0.05, 0) is 17.6 Å². The summed E-state index contributed by atoms with van der Waals surface area (Å²) in [5, 5.41) is -7.14. The summed E-state index contributed by atoms with van der Waals surface area (Å²) in [6.45, 7) is 1.18. The number of alkyl halides is 11. The van der Waals surface area contributed by atoms with Crippen molar-refractivity contribution >= 4 is 20.4 Å². The van der Waals surface area contributed by atoms with E-state index in [-0.39, 0.29) is 5.56 Å². The van der Waals surface area contributed by atoms with E-state index in [9.17, 15) is 56.7 Å². The number of benzene rings is 1. The van der Waals surface area contributed by atoms with E-state index in [2.05, 4.69) is 3.63 Å². The normalized spacial score (nSPS) is 17.8. The fourth-order valence-electron chi connectivity index (χ4n) is 2.07. The molecule has 0 N–H and O–H groups in total. The van der Waals surface area contributed by atoms with Gasteiger partial charge in [0.15, 0.2) is 0 Å². The van der Waals surface area contributed by atoms with Gasteiger partial charge in [-0.2, -0.15) is 56.7 Å². The van der Waals surface area contributed by atoms with E-state index in [1.54, 1.807) is 0 Å². The van der Waals surface area contributed by atoms with Crippen LogP contribution in [0.5, 0.6) is 0 Å². The summed E-state index contributed by atoms with van der Waals surface area (Å²) in [4.78, 5) is 0. The zero-order valence-corrected chi connectivity index (χ0v) is 17.1. The molecule has 16 heteroatoms. The van der Waals surface area contributed by atoms with Crippen LogP contribution in [0.1, 0.15) is 12.5 Å². The van der Waals surface area contributed by atoms with Crippen molar-refractivity contribution in [3.8, 4) is 0 Å². The van der Waals surface area contributed by atoms with Gasteiger partial charge in [-0.1, -0.05) is 37.3 Å². The molecule has 0 aromatic heterocycles. The van der Waals surface area contributed by atoms with Crippen molar-refractivity contribution in [2.45, 2.75) is 41.9 Å². The predicted octanol–water partition coefficient (Wildman–Crippen LogP) is 5.96. The van der Waals surface area contributed by atoms with E-state index in [1.807, 2.05) is 0 Å². The summed E-state index contributed by atoms with van der Waals surface area (Å²) in [6, 6.07) is 7.10. The third-order valence-electron chi connectivity index (χ3n) is 4.00. The summed E-state index contributed by atoms with van der Waals surface area (Å²) >= 11 is 0. The summed E-state index contributed by atoms with van der Waals surface area (Å²) in [5.74, 6) is -24.1. The highest BCUT2D eigenvalue weighted by molar-refractivity contribution is 8.31. The van der Waals surface area contributed by atoms with E-state index in [1.165, 1.54) is 37.3 Å². The van der Waals surface area contributed by atoms with Crippen molar-refractivity contribution < 1.29 is 60.3 Å². The molecular weight excluding hydrogens is 501 g/mol. The van der Waals surface area contributed by atoms with Crippen LogP contribution in [-0.2, 0) is 19.5 Å². The molecule has 1 aromatic carbocycles. The molecule has 0 amide bonds. The molecule has 0 bridgehead atoms. The lowest BCUT2D eigenvalue weighted by Crippen LogP contribution is -2.68. The number of hydrogen-bond acceptors (Lipinski definition) is 3. The second-order valence-electron chi connectivity index (χ2n) is 6.36. The molecule has 1 unspecified atom stereocenters. The second kappa shape index (κ2) is 8.24. The minimum Gasteiger partial charge on any atom is -0.215 e. The van der Waals surface area contributed by atoms with Crippen LogP contribution in [0.15, 0.2) is 30.3 Å². The zero-order valence-electron chi connectivity index (χ0n) is 15.5. The van der Waals surface area contributed by atoms with Crippen molar-refractivity contribution in [2.24, 2.45) is 0 Å². The molecule has 0 aliphatic heterocycles. The van der Waals surface area contributed by atoms with Crippen LogP contribution in [0, 0.1) is 0 Å². The summed E-state index contributed by atoms with van der Waals surface area (Å²) in [5.41, 5.74) is 0.265. The first-order chi connectivity index (χ1) is 13.6. The lowest BCUT2D eigenvalue weighted by Gasteiger charge is -2.39. The van der Waals surface area contributed by atoms with E-state index in [0.29, 0.717) is 0 Å². The lowest BCUT2D eigenvalue weighted by atomic mass is 10.0. The molecule has 0 saturated carbocycles. The molecule has 182 valence electrons. The van der Waals surface area contributed by atoms with Gasteiger partial charge >= 0.3 is 39.3 Å². The fourth-order valence-corrected chi connectivity index (χ4v) is 6.27. The van der Waals surface area contributed by atoms with E-state index < -0.39 is 61.1 Å². The molecule has 31 heavy (non-hydrogen) atoms. The second-order valence-corrected chi connectivity index (χ2v) is 11.6. The molecule has 0 aliphatic carbocycles. The van der Waals surface area contributed by atoms with Gasteiger partial charge in [-0.15, -0.1) is 10.3 Å². The third-order valence-corrected chi connectivity index (χ3v) is 9.08. The minimum atomic E-state index is -7.84. The van der Waals surface area contributed by atoms with Crippen LogP contribution >= 0.6 is 10.3 Å². The van der Waals surface area contributed by atoms with Gasteiger partial charge in [0, 0.05) is 5.75 Å². The SMILES string of the molecule is CCS(C)(Cc1ccccc1)OS(=O)(=O)C(F)(F)C(F)(F)C(F)(F)C(F)(F)C(F)(F)F. The average Bonchev–Trinajstić information content (AvgIpc) is 2.60. The summed E-state index contributed by atoms with van der Waals surface area (Å²) in [7, 11) is -10.4. The molecule has 0 saturated heterocycles.